The maximum Gasteiger partial charge on any atom is -0.0323 e. The largest absolute Gasteiger partial charge is 0.0654 e. The maximum atomic E-state index is 2.79. The van der Waals surface area contributed by atoms with Crippen LogP contribution in [-0.4, -0.2) is 0 Å². The van der Waals surface area contributed by atoms with E-state index < -0.39 is 0 Å². The number of hydrogen-bond donors (Lipinski definition) is 0. The standard InChI is InChI=1S/C58H100/c1-3-18-46(25-17-22-42-20-6-4-7-21-42)57-52-28-12-14-30-54(52)58(55-31-15-13-29-53(55)57)48-39-37-47(38-40-48)56-41(2)19-16-32-49(50-26-10-11-27-51(50)56)45-35-33-44(34-36-45)43-23-8-5-9-24-43/h41-58H,3-40H2,1-2H3. The van der Waals surface area contributed by atoms with E-state index in [4.69, 9.17) is 0 Å². The summed E-state index contributed by atoms with van der Waals surface area (Å²) in [6.45, 7) is 5.34. The maximum absolute atomic E-state index is 2.79. The zero-order valence-electron chi connectivity index (χ0n) is 39.3. The molecule has 0 aromatic carbocycles. The molecule has 9 aliphatic rings. The quantitative estimate of drug-likeness (QED) is 0.195. The molecule has 0 amide bonds. The normalized spacial score (nSPS) is 45.5. The van der Waals surface area contributed by atoms with Crippen molar-refractivity contribution in [2.24, 2.45) is 107 Å². The molecule has 0 aliphatic heterocycles. The lowest BCUT2D eigenvalue weighted by Crippen LogP contribution is -2.53. The first-order valence-corrected chi connectivity index (χ1v) is 28.7. The predicted molar refractivity (Wildman–Crippen MR) is 250 cm³/mol. The molecule has 0 bridgehead atoms. The van der Waals surface area contributed by atoms with Gasteiger partial charge in [-0.05, 0) is 203 Å². The molecule has 0 N–H and O–H groups in total. The molecule has 9 aliphatic carbocycles. The Balaban J connectivity index is 0.868. The van der Waals surface area contributed by atoms with E-state index in [1.54, 1.807) is 212 Å². The lowest BCUT2D eigenvalue weighted by Gasteiger charge is -2.60. The molecule has 9 saturated carbocycles. The molecule has 0 nitrogen and oxygen atoms in total. The van der Waals surface area contributed by atoms with E-state index in [1.165, 1.54) is 32.1 Å². The van der Waals surface area contributed by atoms with Crippen molar-refractivity contribution in [3.63, 3.8) is 0 Å². The van der Waals surface area contributed by atoms with Gasteiger partial charge >= 0.3 is 0 Å². The third-order valence-electron chi connectivity index (χ3n) is 22.3. The smallest absolute Gasteiger partial charge is 0.0323 e. The summed E-state index contributed by atoms with van der Waals surface area (Å²) in [5, 5.41) is 0. The van der Waals surface area contributed by atoms with Crippen LogP contribution in [0.15, 0.2) is 0 Å². The minimum absolute atomic E-state index is 0.990. The Kier molecular flexibility index (Phi) is 15.8. The molecule has 10 unspecified atom stereocenters. The van der Waals surface area contributed by atoms with E-state index >= 15 is 0 Å². The van der Waals surface area contributed by atoms with E-state index in [1.807, 2.05) is 0 Å². The van der Waals surface area contributed by atoms with Crippen LogP contribution in [0.2, 0.25) is 0 Å². The zero-order chi connectivity index (χ0) is 39.3. The van der Waals surface area contributed by atoms with E-state index in [2.05, 4.69) is 13.8 Å². The second-order valence-electron chi connectivity index (χ2n) is 24.9. The Morgan fingerprint density at radius 3 is 1.40 bits per heavy atom. The van der Waals surface area contributed by atoms with Crippen molar-refractivity contribution >= 4 is 0 Å². The van der Waals surface area contributed by atoms with Gasteiger partial charge in [0.05, 0.1) is 0 Å². The van der Waals surface area contributed by atoms with Gasteiger partial charge in [0.1, 0.15) is 0 Å². The lowest BCUT2D eigenvalue weighted by molar-refractivity contribution is -0.114. The monoisotopic (exact) mass is 797 g/mol. The van der Waals surface area contributed by atoms with Gasteiger partial charge in [-0.1, -0.05) is 162 Å². The third-order valence-corrected chi connectivity index (χ3v) is 22.3. The topological polar surface area (TPSA) is 0 Å². The molecule has 0 aromatic rings. The summed E-state index contributed by atoms with van der Waals surface area (Å²) < 4.78 is 0. The van der Waals surface area contributed by atoms with Crippen LogP contribution in [0.4, 0.5) is 0 Å². The van der Waals surface area contributed by atoms with Gasteiger partial charge in [-0.3, -0.25) is 0 Å². The molecular weight excluding hydrogens is 697 g/mol. The summed E-state index contributed by atoms with van der Waals surface area (Å²) >= 11 is 0. The van der Waals surface area contributed by atoms with Gasteiger partial charge in [0.15, 0.2) is 0 Å². The van der Waals surface area contributed by atoms with Crippen LogP contribution in [0.3, 0.4) is 0 Å². The molecule has 9 rings (SSSR count). The van der Waals surface area contributed by atoms with Crippen molar-refractivity contribution < 1.29 is 0 Å². The summed E-state index contributed by atoms with van der Waals surface area (Å²) in [5.41, 5.74) is 0. The molecule has 0 saturated heterocycles. The Morgan fingerprint density at radius 2 is 0.793 bits per heavy atom. The fourth-order valence-corrected chi connectivity index (χ4v) is 20.0. The van der Waals surface area contributed by atoms with Crippen molar-refractivity contribution in [3.05, 3.63) is 0 Å². The highest BCUT2D eigenvalue weighted by molar-refractivity contribution is 5.04. The Hall–Kier alpha value is 0. The first-order valence-electron chi connectivity index (χ1n) is 28.7. The van der Waals surface area contributed by atoms with Crippen LogP contribution < -0.4 is 0 Å². The van der Waals surface area contributed by atoms with E-state index in [0.717, 1.165) is 107 Å². The average Bonchev–Trinajstić information content (AvgIpc) is 3.28. The van der Waals surface area contributed by atoms with Gasteiger partial charge in [-0.2, -0.15) is 0 Å². The van der Waals surface area contributed by atoms with E-state index in [-0.39, 0.29) is 0 Å². The fraction of sp³-hybridized carbons (Fsp3) is 1.00. The minimum atomic E-state index is 0.990. The number of rotatable bonds is 11. The van der Waals surface area contributed by atoms with E-state index in [0.29, 0.717) is 0 Å². The Bertz CT molecular complexity index is 1150. The SMILES string of the molecule is CCCC(CCCC1CCCCC1)C1C2CCCCC2C(C2CCC(C3C(C)CCCC(C4CCC(C5CCCCC5)CC4)C4CCCCC43)CC2)C2CCCCC21. The molecular formula is C58H100. The molecule has 58 heavy (non-hydrogen) atoms. The fourth-order valence-electron chi connectivity index (χ4n) is 20.0. The Morgan fingerprint density at radius 1 is 0.345 bits per heavy atom. The summed E-state index contributed by atoms with van der Waals surface area (Å²) in [6, 6.07) is 0. The Labute approximate surface area is 362 Å². The summed E-state index contributed by atoms with van der Waals surface area (Å²) in [5.74, 6) is 19.5. The first-order chi connectivity index (χ1) is 28.7. The highest BCUT2D eigenvalue weighted by Crippen LogP contribution is 2.63. The molecule has 332 valence electrons. The van der Waals surface area contributed by atoms with Gasteiger partial charge in [-0.25, -0.2) is 0 Å². The highest BCUT2D eigenvalue weighted by Gasteiger charge is 2.55. The highest BCUT2D eigenvalue weighted by atomic mass is 14.6. The van der Waals surface area contributed by atoms with Crippen LogP contribution in [-0.2, 0) is 0 Å². The van der Waals surface area contributed by atoms with Crippen molar-refractivity contribution in [1.29, 1.82) is 0 Å². The predicted octanol–water partition coefficient (Wildman–Crippen LogP) is 18.1. The van der Waals surface area contributed by atoms with E-state index in [9.17, 15) is 0 Å². The molecule has 0 heteroatoms. The molecule has 0 spiro atoms. The minimum Gasteiger partial charge on any atom is -0.0654 e. The molecule has 10 atom stereocenters. The summed E-state index contributed by atoms with van der Waals surface area (Å²) in [6.07, 6.45) is 60.1. The van der Waals surface area contributed by atoms with Crippen molar-refractivity contribution in [1.82, 2.24) is 0 Å². The van der Waals surface area contributed by atoms with Crippen LogP contribution in [0.25, 0.3) is 0 Å². The van der Waals surface area contributed by atoms with Gasteiger partial charge in [0, 0.05) is 0 Å². The third kappa shape index (κ3) is 9.72. The molecule has 0 aromatic heterocycles. The molecule has 0 heterocycles. The van der Waals surface area contributed by atoms with Crippen molar-refractivity contribution in [2.75, 3.05) is 0 Å². The second-order valence-corrected chi connectivity index (χ2v) is 24.9. The second kappa shape index (κ2) is 21.1. The number of hydrogen-bond acceptors (Lipinski definition) is 0. The van der Waals surface area contributed by atoms with Crippen LogP contribution in [0.5, 0.6) is 0 Å². The van der Waals surface area contributed by atoms with Crippen LogP contribution >= 0.6 is 0 Å². The zero-order valence-corrected chi connectivity index (χ0v) is 39.3. The van der Waals surface area contributed by atoms with Gasteiger partial charge < -0.3 is 0 Å². The number of fused-ring (bicyclic) bond motifs is 3. The summed E-state index contributed by atoms with van der Waals surface area (Å²) in [4.78, 5) is 0. The average molecular weight is 797 g/mol. The van der Waals surface area contributed by atoms with Gasteiger partial charge in [0.25, 0.3) is 0 Å². The molecule has 0 radical (unpaired) electrons. The van der Waals surface area contributed by atoms with Gasteiger partial charge in [0.2, 0.25) is 0 Å². The molecule has 9 fully saturated rings. The van der Waals surface area contributed by atoms with Crippen molar-refractivity contribution in [3.8, 4) is 0 Å². The lowest BCUT2D eigenvalue weighted by atomic mass is 9.45. The summed E-state index contributed by atoms with van der Waals surface area (Å²) in [7, 11) is 0. The van der Waals surface area contributed by atoms with Crippen LogP contribution in [0.1, 0.15) is 258 Å². The first kappa shape index (κ1) is 43.3. The van der Waals surface area contributed by atoms with Crippen molar-refractivity contribution in [2.45, 2.75) is 258 Å². The van der Waals surface area contributed by atoms with Gasteiger partial charge in [-0.15, -0.1) is 0 Å². The van der Waals surface area contributed by atoms with Crippen LogP contribution in [0, 0.1) is 107 Å².